The maximum absolute atomic E-state index is 6.35. The molecule has 0 saturated carbocycles. The molecule has 0 aromatic heterocycles. The van der Waals surface area contributed by atoms with Gasteiger partial charge in [0.2, 0.25) is 0 Å². The van der Waals surface area contributed by atoms with Crippen molar-refractivity contribution in [3.05, 3.63) is 65.7 Å². The van der Waals surface area contributed by atoms with Gasteiger partial charge < -0.3 is 23.7 Å². The molecule has 156 valence electrons. The molecule has 0 spiro atoms. The van der Waals surface area contributed by atoms with Crippen LogP contribution in [0.15, 0.2) is 54.6 Å². The van der Waals surface area contributed by atoms with Crippen molar-refractivity contribution in [2.45, 2.75) is 64.2 Å². The van der Waals surface area contributed by atoms with Crippen LogP contribution in [0, 0.1) is 5.92 Å². The normalized spacial score (nSPS) is 28.8. The Balaban J connectivity index is 1.47. The molecule has 0 radical (unpaired) electrons. The van der Waals surface area contributed by atoms with Gasteiger partial charge in [0.05, 0.1) is 19.8 Å². The molecule has 4 rings (SSSR count). The van der Waals surface area contributed by atoms with E-state index in [0.717, 1.165) is 17.7 Å². The zero-order valence-electron chi connectivity index (χ0n) is 17.5. The van der Waals surface area contributed by atoms with Crippen molar-refractivity contribution in [1.82, 2.24) is 0 Å². The highest BCUT2D eigenvalue weighted by atomic mass is 16.8. The summed E-state index contributed by atoms with van der Waals surface area (Å²) in [5.41, 5.74) is 2.37. The number of fused-ring (bicyclic) bond motifs is 1. The first-order chi connectivity index (χ1) is 13.9. The van der Waals surface area contributed by atoms with Crippen molar-refractivity contribution in [2.24, 2.45) is 5.92 Å². The van der Waals surface area contributed by atoms with Gasteiger partial charge in [-0.15, -0.1) is 0 Å². The molecular formula is C24H30O5. The molecular weight excluding hydrogens is 368 g/mol. The molecule has 2 aromatic rings. The van der Waals surface area contributed by atoms with Crippen LogP contribution in [0.5, 0.6) is 5.75 Å². The van der Waals surface area contributed by atoms with E-state index < -0.39 is 12.1 Å². The minimum Gasteiger partial charge on any atom is -0.497 e. The van der Waals surface area contributed by atoms with Gasteiger partial charge in [0, 0.05) is 0 Å². The maximum atomic E-state index is 6.35. The first-order valence-electron chi connectivity index (χ1n) is 10.2. The first-order valence-corrected chi connectivity index (χ1v) is 10.2. The predicted octanol–water partition coefficient (Wildman–Crippen LogP) is 4.34. The fraction of sp³-hybridized carbons (Fsp3) is 0.500. The summed E-state index contributed by atoms with van der Waals surface area (Å²) < 4.78 is 30.0. The molecule has 5 nitrogen and oxygen atoms in total. The fourth-order valence-electron chi connectivity index (χ4n) is 4.17. The minimum atomic E-state index is -0.659. The predicted molar refractivity (Wildman–Crippen MR) is 110 cm³/mol. The third-order valence-corrected chi connectivity index (χ3v) is 5.59. The summed E-state index contributed by atoms with van der Waals surface area (Å²) in [6, 6.07) is 18.4. The molecule has 2 fully saturated rings. The van der Waals surface area contributed by atoms with Gasteiger partial charge in [0.1, 0.15) is 18.0 Å². The van der Waals surface area contributed by atoms with E-state index in [1.807, 2.05) is 44.2 Å². The SMILES string of the molecule is COc1ccc(C[C@H](C)[C@H]2O[C@@H]3OC(C)(C)O[C@@H]3[C@@H]2OCc2ccccc2)cc1. The Morgan fingerprint density at radius 2 is 1.69 bits per heavy atom. The number of benzene rings is 2. The summed E-state index contributed by atoms with van der Waals surface area (Å²) in [5, 5.41) is 0. The van der Waals surface area contributed by atoms with E-state index >= 15 is 0 Å². The summed E-state index contributed by atoms with van der Waals surface area (Å²) in [4.78, 5) is 0. The van der Waals surface area contributed by atoms with Crippen molar-refractivity contribution >= 4 is 0 Å². The third-order valence-electron chi connectivity index (χ3n) is 5.59. The minimum absolute atomic E-state index is 0.105. The molecule has 29 heavy (non-hydrogen) atoms. The molecule has 0 unspecified atom stereocenters. The molecule has 0 N–H and O–H groups in total. The number of hydrogen-bond acceptors (Lipinski definition) is 5. The van der Waals surface area contributed by atoms with Gasteiger partial charge in [-0.3, -0.25) is 0 Å². The molecule has 5 atom stereocenters. The van der Waals surface area contributed by atoms with Gasteiger partial charge in [-0.2, -0.15) is 0 Å². The standard InChI is InChI=1S/C24H30O5/c1-16(14-17-10-12-19(25-4)13-11-17)20-21(26-15-18-8-6-5-7-9-18)22-23(27-20)29-24(2,3)28-22/h5-13,16,20-23H,14-15H2,1-4H3/t16-,20+,21+,22+,23+/m0/s1. The Morgan fingerprint density at radius 1 is 0.966 bits per heavy atom. The average Bonchev–Trinajstić information content (AvgIpc) is 3.19. The number of hydrogen-bond donors (Lipinski definition) is 0. The zero-order valence-corrected chi connectivity index (χ0v) is 17.5. The molecule has 2 aromatic carbocycles. The van der Waals surface area contributed by atoms with E-state index in [1.165, 1.54) is 5.56 Å². The third kappa shape index (κ3) is 4.64. The second-order valence-electron chi connectivity index (χ2n) is 8.36. The van der Waals surface area contributed by atoms with E-state index in [1.54, 1.807) is 7.11 Å². The van der Waals surface area contributed by atoms with Gasteiger partial charge >= 0.3 is 0 Å². The second-order valence-corrected chi connectivity index (χ2v) is 8.36. The Kier molecular flexibility index (Phi) is 5.93. The van der Waals surface area contributed by atoms with Crippen molar-refractivity contribution in [3.63, 3.8) is 0 Å². The van der Waals surface area contributed by atoms with Crippen LogP contribution in [0.2, 0.25) is 0 Å². The van der Waals surface area contributed by atoms with Crippen LogP contribution in [-0.2, 0) is 32.0 Å². The van der Waals surface area contributed by atoms with E-state index in [0.29, 0.717) is 6.61 Å². The largest absolute Gasteiger partial charge is 0.497 e. The van der Waals surface area contributed by atoms with E-state index in [-0.39, 0.29) is 24.2 Å². The van der Waals surface area contributed by atoms with Crippen LogP contribution in [0.3, 0.4) is 0 Å². The number of rotatable bonds is 7. The monoisotopic (exact) mass is 398 g/mol. The Bertz CT molecular complexity index is 789. The Labute approximate surface area is 172 Å². The highest BCUT2D eigenvalue weighted by Crippen LogP contribution is 2.41. The summed E-state index contributed by atoms with van der Waals surface area (Å²) in [6.07, 6.45) is -0.0313. The van der Waals surface area contributed by atoms with Crippen LogP contribution in [0.4, 0.5) is 0 Å². The van der Waals surface area contributed by atoms with E-state index in [2.05, 4.69) is 31.2 Å². The number of ether oxygens (including phenoxy) is 5. The molecule has 0 bridgehead atoms. The maximum Gasteiger partial charge on any atom is 0.190 e. The van der Waals surface area contributed by atoms with Crippen molar-refractivity contribution in [2.75, 3.05) is 7.11 Å². The summed E-state index contributed by atoms with van der Waals surface area (Å²) in [7, 11) is 1.68. The van der Waals surface area contributed by atoms with Gasteiger partial charge in [-0.25, -0.2) is 0 Å². The smallest absolute Gasteiger partial charge is 0.190 e. The molecule has 5 heteroatoms. The molecule has 2 saturated heterocycles. The quantitative estimate of drug-likeness (QED) is 0.694. The summed E-state index contributed by atoms with van der Waals surface area (Å²) in [6.45, 7) is 6.55. The molecule has 2 aliphatic heterocycles. The van der Waals surface area contributed by atoms with Crippen molar-refractivity contribution < 1.29 is 23.7 Å². The summed E-state index contributed by atoms with van der Waals surface area (Å²) >= 11 is 0. The second kappa shape index (κ2) is 8.44. The molecule has 0 amide bonds. The summed E-state index contributed by atoms with van der Waals surface area (Å²) in [5.74, 6) is 0.444. The molecule has 2 aliphatic rings. The van der Waals surface area contributed by atoms with Gasteiger partial charge in [0.15, 0.2) is 12.1 Å². The van der Waals surface area contributed by atoms with E-state index in [9.17, 15) is 0 Å². The Hall–Kier alpha value is -1.92. The number of methoxy groups -OCH3 is 1. The lowest BCUT2D eigenvalue weighted by molar-refractivity contribution is -0.224. The zero-order chi connectivity index (χ0) is 20.4. The Morgan fingerprint density at radius 3 is 2.38 bits per heavy atom. The lowest BCUT2D eigenvalue weighted by Gasteiger charge is -2.29. The van der Waals surface area contributed by atoms with Gasteiger partial charge in [-0.1, -0.05) is 49.4 Å². The first kappa shape index (κ1) is 20.4. The topological polar surface area (TPSA) is 46.2 Å². The average molecular weight is 398 g/mol. The van der Waals surface area contributed by atoms with Gasteiger partial charge in [-0.05, 0) is 49.4 Å². The lowest BCUT2D eigenvalue weighted by Crippen LogP contribution is -2.40. The highest BCUT2D eigenvalue weighted by molar-refractivity contribution is 5.27. The van der Waals surface area contributed by atoms with Crippen molar-refractivity contribution in [3.8, 4) is 5.75 Å². The lowest BCUT2D eigenvalue weighted by atomic mass is 9.92. The van der Waals surface area contributed by atoms with Crippen LogP contribution < -0.4 is 4.74 Å². The van der Waals surface area contributed by atoms with E-state index in [4.69, 9.17) is 23.7 Å². The van der Waals surface area contributed by atoms with Crippen molar-refractivity contribution in [1.29, 1.82) is 0 Å². The molecule has 0 aliphatic carbocycles. The van der Waals surface area contributed by atoms with Gasteiger partial charge in [0.25, 0.3) is 0 Å². The van der Waals surface area contributed by atoms with Crippen LogP contribution in [-0.4, -0.2) is 37.5 Å². The van der Waals surface area contributed by atoms with Crippen LogP contribution >= 0.6 is 0 Å². The fourth-order valence-corrected chi connectivity index (χ4v) is 4.17. The van der Waals surface area contributed by atoms with Crippen LogP contribution in [0.1, 0.15) is 31.9 Å². The van der Waals surface area contributed by atoms with Crippen LogP contribution in [0.25, 0.3) is 0 Å². The molecule has 2 heterocycles. The highest BCUT2D eigenvalue weighted by Gasteiger charge is 2.56.